The number of benzene rings is 1. The lowest BCUT2D eigenvalue weighted by Crippen LogP contribution is -2.38. The molecule has 7 heteroatoms. The summed E-state index contributed by atoms with van der Waals surface area (Å²) in [5, 5.41) is 13.7. The van der Waals surface area contributed by atoms with Crippen LogP contribution in [0.2, 0.25) is 5.02 Å². The van der Waals surface area contributed by atoms with Crippen molar-refractivity contribution in [3.63, 3.8) is 0 Å². The predicted octanol–water partition coefficient (Wildman–Crippen LogP) is 4.39. The average Bonchev–Trinajstić information content (AvgIpc) is 2.47. The molecule has 0 spiro atoms. The smallest absolute Gasteiger partial charge is 0.313 e. The molecule has 1 heterocycles. The molecule has 23 heavy (non-hydrogen) atoms. The molecule has 0 amide bonds. The molecule has 0 saturated carbocycles. The Labute approximate surface area is 140 Å². The first kappa shape index (κ1) is 17.6. The lowest BCUT2D eigenvalue weighted by molar-refractivity contribution is -0.140. The van der Waals surface area contributed by atoms with Crippen LogP contribution in [0.4, 0.5) is 0 Å². The monoisotopic (exact) mass is 337 g/mol. The molecule has 1 fully saturated rings. The third-order valence-electron chi connectivity index (χ3n) is 4.27. The van der Waals surface area contributed by atoms with Crippen molar-refractivity contribution in [3.8, 4) is 0 Å². The zero-order chi connectivity index (χ0) is 17.0. The molecule has 1 saturated heterocycles. The van der Waals surface area contributed by atoms with Crippen LogP contribution < -0.4 is 0 Å². The molecule has 0 radical (unpaired) electrons. The predicted molar refractivity (Wildman–Crippen MR) is 87.5 cm³/mol. The van der Waals surface area contributed by atoms with E-state index in [1.807, 2.05) is 13.8 Å². The van der Waals surface area contributed by atoms with Gasteiger partial charge < -0.3 is 9.84 Å². The Morgan fingerprint density at radius 3 is 2.39 bits per heavy atom. The van der Waals surface area contributed by atoms with E-state index in [0.29, 0.717) is 5.02 Å². The van der Waals surface area contributed by atoms with Gasteiger partial charge in [-0.2, -0.15) is 0 Å². The minimum Gasteiger partial charge on any atom is -0.481 e. The molecular formula is C16H20ClN3O3. The van der Waals surface area contributed by atoms with Gasteiger partial charge in [0.25, 0.3) is 0 Å². The van der Waals surface area contributed by atoms with Gasteiger partial charge in [-0.3, -0.25) is 4.79 Å². The minimum atomic E-state index is -1.15. The first-order valence-corrected chi connectivity index (χ1v) is 7.98. The molecule has 1 N–H and O–H groups in total. The van der Waals surface area contributed by atoms with Gasteiger partial charge >= 0.3 is 5.97 Å². The number of nitrogens with zero attached hydrogens (tertiary/aromatic N) is 3. The topological polar surface area (TPSA) is 95.3 Å². The van der Waals surface area contributed by atoms with Crippen LogP contribution in [0.5, 0.6) is 0 Å². The molecule has 1 aliphatic heterocycles. The summed E-state index contributed by atoms with van der Waals surface area (Å²) >= 11 is 5.93. The summed E-state index contributed by atoms with van der Waals surface area (Å²) < 4.78 is 5.75. The number of hydrogen-bond acceptors (Lipinski definition) is 3. The van der Waals surface area contributed by atoms with Gasteiger partial charge in [-0.1, -0.05) is 28.8 Å². The Kier molecular flexibility index (Phi) is 5.88. The van der Waals surface area contributed by atoms with Gasteiger partial charge in [0.1, 0.15) is 6.04 Å². The summed E-state index contributed by atoms with van der Waals surface area (Å²) in [6, 6.07) is 5.92. The molecule has 2 rings (SSSR count). The number of hydrogen-bond donors (Lipinski definition) is 1. The van der Waals surface area contributed by atoms with Crippen molar-refractivity contribution in [1.82, 2.24) is 0 Å². The molecule has 4 atom stereocenters. The van der Waals surface area contributed by atoms with Crippen LogP contribution in [-0.4, -0.2) is 29.3 Å². The number of carboxylic acid groups (broad SMARTS) is 1. The molecule has 2 unspecified atom stereocenters. The Morgan fingerprint density at radius 1 is 1.35 bits per heavy atom. The van der Waals surface area contributed by atoms with Crippen LogP contribution in [0, 0.1) is 5.92 Å². The highest BCUT2D eigenvalue weighted by Gasteiger charge is 2.38. The van der Waals surface area contributed by atoms with Crippen molar-refractivity contribution < 1.29 is 14.6 Å². The third kappa shape index (κ3) is 4.38. The van der Waals surface area contributed by atoms with Crippen LogP contribution in [0.1, 0.15) is 38.2 Å². The standard InChI is InChI=1S/C16H20ClN3O3/c1-9-7-12(8-10(2)23-9)14(15(16(21)22)19-20-18)11-3-5-13(17)6-4-11/h3-6,9-10,12,14-15H,7-8H2,1-2H3,(H,21,22)/t9?,10?,12?,14-,15+/m0/s1. The van der Waals surface area contributed by atoms with Crippen molar-refractivity contribution in [2.75, 3.05) is 0 Å². The molecule has 0 aliphatic carbocycles. The van der Waals surface area contributed by atoms with Crippen LogP contribution >= 0.6 is 11.6 Å². The fraction of sp³-hybridized carbons (Fsp3) is 0.562. The van der Waals surface area contributed by atoms with Crippen molar-refractivity contribution >= 4 is 17.6 Å². The van der Waals surface area contributed by atoms with Crippen molar-refractivity contribution in [2.24, 2.45) is 11.0 Å². The van der Waals surface area contributed by atoms with Gasteiger partial charge in [0.05, 0.1) is 12.2 Å². The lowest BCUT2D eigenvalue weighted by Gasteiger charge is -2.38. The highest BCUT2D eigenvalue weighted by molar-refractivity contribution is 6.30. The van der Waals surface area contributed by atoms with E-state index in [9.17, 15) is 9.90 Å². The third-order valence-corrected chi connectivity index (χ3v) is 4.52. The summed E-state index contributed by atoms with van der Waals surface area (Å²) in [7, 11) is 0. The van der Waals surface area contributed by atoms with E-state index in [1.54, 1.807) is 24.3 Å². The number of carbonyl (C=O) groups is 1. The maximum Gasteiger partial charge on any atom is 0.313 e. The number of azide groups is 1. The van der Waals surface area contributed by atoms with Gasteiger partial charge in [-0.05, 0) is 55.8 Å². The van der Waals surface area contributed by atoms with Crippen LogP contribution in [0.15, 0.2) is 29.4 Å². The summed E-state index contributed by atoms with van der Waals surface area (Å²) in [5.74, 6) is -1.47. The Balaban J connectivity index is 2.43. The van der Waals surface area contributed by atoms with Gasteiger partial charge in [0.15, 0.2) is 0 Å². The maximum absolute atomic E-state index is 11.7. The van der Waals surface area contributed by atoms with E-state index in [0.717, 1.165) is 18.4 Å². The highest BCUT2D eigenvalue weighted by Crippen LogP contribution is 2.40. The van der Waals surface area contributed by atoms with Crippen molar-refractivity contribution in [3.05, 3.63) is 45.3 Å². The van der Waals surface area contributed by atoms with Gasteiger partial charge in [-0.15, -0.1) is 0 Å². The van der Waals surface area contributed by atoms with E-state index in [-0.39, 0.29) is 18.1 Å². The second kappa shape index (κ2) is 7.68. The summed E-state index contributed by atoms with van der Waals surface area (Å²) in [6.45, 7) is 3.95. The molecular weight excluding hydrogens is 318 g/mol. The van der Waals surface area contributed by atoms with E-state index in [2.05, 4.69) is 10.0 Å². The maximum atomic E-state index is 11.7. The van der Waals surface area contributed by atoms with Crippen molar-refractivity contribution in [2.45, 2.75) is 50.9 Å². The number of carboxylic acids is 1. The van der Waals surface area contributed by atoms with Crippen molar-refractivity contribution in [1.29, 1.82) is 0 Å². The fourth-order valence-electron chi connectivity index (χ4n) is 3.48. The Bertz CT molecular complexity index is 589. The first-order valence-electron chi connectivity index (χ1n) is 7.60. The van der Waals surface area contributed by atoms with E-state index in [4.69, 9.17) is 21.9 Å². The van der Waals surface area contributed by atoms with E-state index >= 15 is 0 Å². The second-order valence-electron chi connectivity index (χ2n) is 6.05. The second-order valence-corrected chi connectivity index (χ2v) is 6.49. The average molecular weight is 338 g/mol. The molecule has 1 aromatic carbocycles. The van der Waals surface area contributed by atoms with E-state index < -0.39 is 17.9 Å². The minimum absolute atomic E-state index is 0.0408. The zero-order valence-electron chi connectivity index (χ0n) is 13.1. The molecule has 0 bridgehead atoms. The van der Waals surface area contributed by atoms with Crippen LogP contribution in [-0.2, 0) is 9.53 Å². The normalized spacial score (nSPS) is 26.8. The van der Waals surface area contributed by atoms with Crippen LogP contribution in [0.3, 0.4) is 0 Å². The number of rotatable bonds is 5. The zero-order valence-corrected chi connectivity index (χ0v) is 13.8. The molecule has 0 aromatic heterocycles. The number of halogens is 1. The fourth-order valence-corrected chi connectivity index (χ4v) is 3.60. The number of ether oxygens (including phenoxy) is 1. The Morgan fingerprint density at radius 2 is 1.91 bits per heavy atom. The molecule has 1 aliphatic rings. The van der Waals surface area contributed by atoms with Gasteiger partial charge in [0.2, 0.25) is 0 Å². The summed E-state index contributed by atoms with van der Waals surface area (Å²) in [6.07, 6.45) is 1.53. The number of aliphatic carboxylic acids is 1. The SMILES string of the molecule is CC1CC([C@H](c2ccc(Cl)cc2)[C@@H](N=[N+]=[N-])C(=O)O)CC(C)O1. The quantitative estimate of drug-likeness (QED) is 0.490. The molecule has 6 nitrogen and oxygen atoms in total. The van der Waals surface area contributed by atoms with Gasteiger partial charge in [-0.25, -0.2) is 0 Å². The largest absolute Gasteiger partial charge is 0.481 e. The summed E-state index contributed by atoms with van der Waals surface area (Å²) in [4.78, 5) is 14.4. The Hall–Kier alpha value is -1.75. The van der Waals surface area contributed by atoms with Crippen LogP contribution in [0.25, 0.3) is 10.4 Å². The van der Waals surface area contributed by atoms with E-state index in [1.165, 1.54) is 0 Å². The molecule has 1 aromatic rings. The van der Waals surface area contributed by atoms with Gasteiger partial charge in [0, 0.05) is 15.9 Å². The lowest BCUT2D eigenvalue weighted by atomic mass is 9.74. The first-order chi connectivity index (χ1) is 10.9. The molecule has 124 valence electrons. The highest BCUT2D eigenvalue weighted by atomic mass is 35.5. The summed E-state index contributed by atoms with van der Waals surface area (Å²) in [5.41, 5.74) is 9.60.